The van der Waals surface area contributed by atoms with Crippen LogP contribution in [-0.2, 0) is 0 Å². The van der Waals surface area contributed by atoms with E-state index < -0.39 is 0 Å². The maximum atomic E-state index is 9.98. The first-order valence-corrected chi connectivity index (χ1v) is 7.58. The number of aromatic hydroxyl groups is 2. The van der Waals surface area contributed by atoms with E-state index >= 15 is 0 Å². The molecule has 0 spiro atoms. The second-order valence-corrected chi connectivity index (χ2v) is 5.22. The first-order valence-electron chi connectivity index (χ1n) is 6.46. The molecule has 1 heterocycles. The Balaban J connectivity index is 1.97. The fourth-order valence-corrected chi connectivity index (χ4v) is 2.42. The molecule has 0 aliphatic rings. The number of benzene rings is 1. The van der Waals surface area contributed by atoms with Gasteiger partial charge in [0.25, 0.3) is 0 Å². The number of nitrogens with zero attached hydrogens (tertiary/aromatic N) is 1. The molecule has 4 nitrogen and oxygen atoms in total. The van der Waals surface area contributed by atoms with E-state index in [1.54, 1.807) is 12.1 Å². The molecule has 2 rings (SSSR count). The molecule has 104 valence electrons. The predicted octanol–water partition coefficient (Wildman–Crippen LogP) is 3.44. The summed E-state index contributed by atoms with van der Waals surface area (Å²) in [6.45, 7) is 0.477. The van der Waals surface area contributed by atoms with Gasteiger partial charge in [-0.05, 0) is 31.4 Å². The zero-order valence-corrected chi connectivity index (χ0v) is 12.3. The average Bonchev–Trinajstić information content (AvgIpc) is 2.68. The van der Waals surface area contributed by atoms with Crippen LogP contribution in [-0.4, -0.2) is 26.9 Å². The van der Waals surface area contributed by atoms with Gasteiger partial charge in [-0.1, -0.05) is 34.5 Å². The summed E-state index contributed by atoms with van der Waals surface area (Å²) in [6.07, 6.45) is 4.29. The Morgan fingerprint density at radius 3 is 2.11 bits per heavy atom. The number of halogens is 1. The van der Waals surface area contributed by atoms with E-state index in [0.29, 0.717) is 17.4 Å². The predicted molar refractivity (Wildman–Crippen MR) is 79.0 cm³/mol. The van der Waals surface area contributed by atoms with Crippen LogP contribution in [0.15, 0.2) is 24.3 Å². The zero-order valence-electron chi connectivity index (χ0n) is 10.7. The van der Waals surface area contributed by atoms with Crippen molar-refractivity contribution >= 4 is 26.7 Å². The van der Waals surface area contributed by atoms with Gasteiger partial charge in [-0.3, -0.25) is 0 Å². The van der Waals surface area contributed by atoms with E-state index in [1.165, 1.54) is 0 Å². The van der Waals surface area contributed by atoms with Gasteiger partial charge in [0.2, 0.25) is 11.8 Å². The Hall–Kier alpha value is -1.36. The summed E-state index contributed by atoms with van der Waals surface area (Å²) in [5.41, 5.74) is 0. The Kier molecular flexibility index (Phi) is 4.96. The largest absolute Gasteiger partial charge is 0.492 e. The SMILES string of the molecule is Oc1c2ccccc2c(O)n1OCCCCCCBr. The third kappa shape index (κ3) is 3.15. The zero-order chi connectivity index (χ0) is 13.7. The lowest BCUT2D eigenvalue weighted by Crippen LogP contribution is -2.11. The van der Waals surface area contributed by atoms with Gasteiger partial charge in [-0.25, -0.2) is 0 Å². The highest BCUT2D eigenvalue weighted by Gasteiger charge is 2.15. The molecule has 0 bridgehead atoms. The fourth-order valence-electron chi connectivity index (χ4n) is 2.02. The van der Waals surface area contributed by atoms with Crippen molar-refractivity contribution in [2.45, 2.75) is 25.7 Å². The second kappa shape index (κ2) is 6.70. The lowest BCUT2D eigenvalue weighted by molar-refractivity contribution is 0.0742. The summed E-state index contributed by atoms with van der Waals surface area (Å²) in [4.78, 5) is 5.44. The van der Waals surface area contributed by atoms with Crippen LogP contribution in [0.1, 0.15) is 25.7 Å². The van der Waals surface area contributed by atoms with Crippen LogP contribution in [0.5, 0.6) is 11.8 Å². The molecule has 1 aromatic heterocycles. The summed E-state index contributed by atoms with van der Waals surface area (Å²) >= 11 is 3.39. The molecule has 0 saturated carbocycles. The topological polar surface area (TPSA) is 54.6 Å². The van der Waals surface area contributed by atoms with Crippen molar-refractivity contribution in [3.05, 3.63) is 24.3 Å². The highest BCUT2D eigenvalue weighted by atomic mass is 79.9. The Bertz CT molecular complexity index is 500. The molecule has 1 aromatic carbocycles. The molecule has 0 fully saturated rings. The Labute approximate surface area is 120 Å². The summed E-state index contributed by atoms with van der Waals surface area (Å²) in [7, 11) is 0. The molecule has 0 saturated heterocycles. The smallest absolute Gasteiger partial charge is 0.237 e. The number of hydrogen-bond donors (Lipinski definition) is 2. The van der Waals surface area contributed by atoms with Crippen LogP contribution in [0, 0.1) is 0 Å². The van der Waals surface area contributed by atoms with Gasteiger partial charge in [0.05, 0.1) is 10.8 Å². The van der Waals surface area contributed by atoms with Crippen molar-refractivity contribution in [2.24, 2.45) is 0 Å². The van der Waals surface area contributed by atoms with Crippen LogP contribution in [0.2, 0.25) is 0 Å². The van der Waals surface area contributed by atoms with Crippen LogP contribution in [0.3, 0.4) is 0 Å². The highest BCUT2D eigenvalue weighted by Crippen LogP contribution is 2.34. The van der Waals surface area contributed by atoms with Gasteiger partial charge in [0.1, 0.15) is 6.61 Å². The minimum absolute atomic E-state index is 0.0476. The van der Waals surface area contributed by atoms with Gasteiger partial charge < -0.3 is 15.1 Å². The van der Waals surface area contributed by atoms with Crippen molar-refractivity contribution in [1.29, 1.82) is 0 Å². The van der Waals surface area contributed by atoms with Crippen molar-refractivity contribution in [3.8, 4) is 11.8 Å². The third-order valence-electron chi connectivity index (χ3n) is 3.04. The maximum Gasteiger partial charge on any atom is 0.237 e. The minimum atomic E-state index is -0.0476. The van der Waals surface area contributed by atoms with Crippen molar-refractivity contribution in [1.82, 2.24) is 4.73 Å². The van der Waals surface area contributed by atoms with Gasteiger partial charge in [0, 0.05) is 5.33 Å². The number of hydrogen-bond acceptors (Lipinski definition) is 3. The lowest BCUT2D eigenvalue weighted by atomic mass is 10.2. The first-order chi connectivity index (χ1) is 9.25. The number of unbranched alkanes of at least 4 members (excludes halogenated alkanes) is 3. The molecular formula is C14H18BrNO3. The molecule has 0 aliphatic heterocycles. The van der Waals surface area contributed by atoms with Crippen LogP contribution >= 0.6 is 15.9 Å². The van der Waals surface area contributed by atoms with Crippen molar-refractivity contribution < 1.29 is 15.1 Å². The molecule has 5 heteroatoms. The van der Waals surface area contributed by atoms with E-state index in [2.05, 4.69) is 15.9 Å². The van der Waals surface area contributed by atoms with E-state index in [9.17, 15) is 10.2 Å². The molecule has 0 unspecified atom stereocenters. The first kappa shape index (κ1) is 14.1. The van der Waals surface area contributed by atoms with E-state index in [-0.39, 0.29) is 11.8 Å². The monoisotopic (exact) mass is 327 g/mol. The normalized spacial score (nSPS) is 11.0. The number of fused-ring (bicyclic) bond motifs is 1. The van der Waals surface area contributed by atoms with Crippen molar-refractivity contribution in [2.75, 3.05) is 11.9 Å². The maximum absolute atomic E-state index is 9.98. The summed E-state index contributed by atoms with van der Waals surface area (Å²) in [5.74, 6) is -0.0953. The Morgan fingerprint density at radius 1 is 0.947 bits per heavy atom. The average molecular weight is 328 g/mol. The van der Waals surface area contributed by atoms with Crippen molar-refractivity contribution in [3.63, 3.8) is 0 Å². The minimum Gasteiger partial charge on any atom is -0.492 e. The van der Waals surface area contributed by atoms with Gasteiger partial charge >= 0.3 is 0 Å². The molecule has 2 N–H and O–H groups in total. The quantitative estimate of drug-likeness (QED) is 0.605. The molecule has 19 heavy (non-hydrogen) atoms. The van der Waals surface area contributed by atoms with Crippen LogP contribution < -0.4 is 4.84 Å². The van der Waals surface area contributed by atoms with Gasteiger partial charge in [-0.2, -0.15) is 0 Å². The van der Waals surface area contributed by atoms with Crippen LogP contribution in [0.25, 0.3) is 10.8 Å². The number of rotatable bonds is 7. The molecule has 0 aliphatic carbocycles. The number of alkyl halides is 1. The highest BCUT2D eigenvalue weighted by molar-refractivity contribution is 9.09. The molecule has 0 radical (unpaired) electrons. The fraction of sp³-hybridized carbons (Fsp3) is 0.429. The molecule has 0 amide bonds. The summed E-state index contributed by atoms with van der Waals surface area (Å²) in [5, 5.41) is 22.2. The van der Waals surface area contributed by atoms with E-state index in [1.807, 2.05) is 12.1 Å². The van der Waals surface area contributed by atoms with Gasteiger partial charge in [0.15, 0.2) is 0 Å². The summed E-state index contributed by atoms with van der Waals surface area (Å²) in [6, 6.07) is 7.12. The molecule has 0 atom stereocenters. The standard InChI is InChI=1S/C14H18BrNO3/c15-9-5-1-2-6-10-19-16-13(17)11-7-3-4-8-12(11)14(16)18/h3-4,7-8,17-18H,1-2,5-6,9-10H2. The third-order valence-corrected chi connectivity index (χ3v) is 3.60. The van der Waals surface area contributed by atoms with E-state index in [0.717, 1.165) is 35.7 Å². The van der Waals surface area contributed by atoms with Gasteiger partial charge in [-0.15, -0.1) is 4.73 Å². The lowest BCUT2D eigenvalue weighted by Gasteiger charge is -2.08. The molecular weight excluding hydrogens is 310 g/mol. The Morgan fingerprint density at radius 2 is 1.53 bits per heavy atom. The van der Waals surface area contributed by atoms with E-state index in [4.69, 9.17) is 4.84 Å². The number of aromatic nitrogens is 1. The second-order valence-electron chi connectivity index (χ2n) is 4.42. The molecule has 2 aromatic rings. The van der Waals surface area contributed by atoms with Crippen LogP contribution in [0.4, 0.5) is 0 Å². The summed E-state index contributed by atoms with van der Waals surface area (Å²) < 4.78 is 1.11.